The minimum Gasteiger partial charge on any atom is -0.385 e. The summed E-state index contributed by atoms with van der Waals surface area (Å²) < 4.78 is 4.86. The van der Waals surface area contributed by atoms with E-state index in [9.17, 15) is 14.4 Å². The average Bonchev–Trinajstić information content (AvgIpc) is 2.32. The van der Waals surface area contributed by atoms with Crippen LogP contribution in [0.1, 0.15) is 25.7 Å². The summed E-state index contributed by atoms with van der Waals surface area (Å²) in [5.74, 6) is -1.15. The summed E-state index contributed by atoms with van der Waals surface area (Å²) in [6.45, 7) is 0.541. The number of nitrogens with one attached hydrogen (secondary N) is 2. The van der Waals surface area contributed by atoms with Crippen LogP contribution >= 0.6 is 0 Å². The van der Waals surface area contributed by atoms with E-state index in [2.05, 4.69) is 10.6 Å². The highest BCUT2D eigenvalue weighted by atomic mass is 16.5. The van der Waals surface area contributed by atoms with Crippen LogP contribution in [0.3, 0.4) is 0 Å². The van der Waals surface area contributed by atoms with E-state index in [1.165, 1.54) is 0 Å². The van der Waals surface area contributed by atoms with Crippen LogP contribution < -0.4 is 16.4 Å². The third-order valence-corrected chi connectivity index (χ3v) is 2.76. The third kappa shape index (κ3) is 4.42. The van der Waals surface area contributed by atoms with Gasteiger partial charge < -0.3 is 15.8 Å². The van der Waals surface area contributed by atoms with E-state index >= 15 is 0 Å². The van der Waals surface area contributed by atoms with Crippen molar-refractivity contribution in [1.29, 1.82) is 0 Å². The summed E-state index contributed by atoms with van der Waals surface area (Å²) in [6.07, 6.45) is 1.73. The molecular weight excluding hydrogens is 238 g/mol. The predicted octanol–water partition coefficient (Wildman–Crippen LogP) is -1.34. The van der Waals surface area contributed by atoms with E-state index in [1.807, 2.05) is 0 Å². The Morgan fingerprint density at radius 2 is 2.33 bits per heavy atom. The fourth-order valence-electron chi connectivity index (χ4n) is 1.69. The van der Waals surface area contributed by atoms with Crippen LogP contribution in [0.25, 0.3) is 0 Å². The van der Waals surface area contributed by atoms with Crippen molar-refractivity contribution in [3.8, 4) is 0 Å². The zero-order valence-electron chi connectivity index (χ0n) is 10.4. The molecule has 7 heteroatoms. The van der Waals surface area contributed by atoms with E-state index < -0.39 is 18.0 Å². The van der Waals surface area contributed by atoms with Crippen LogP contribution in [0.5, 0.6) is 0 Å². The van der Waals surface area contributed by atoms with Crippen LogP contribution in [0.2, 0.25) is 0 Å². The SMILES string of the molecule is COCCCC(N)C(=O)NC1CCC(=O)NC1=O. The van der Waals surface area contributed by atoms with Crippen molar-refractivity contribution in [2.45, 2.75) is 37.8 Å². The first kappa shape index (κ1) is 14.6. The molecule has 0 aliphatic carbocycles. The van der Waals surface area contributed by atoms with Gasteiger partial charge in [0.05, 0.1) is 6.04 Å². The molecule has 0 aromatic carbocycles. The number of carbonyl (C=O) groups is 3. The Morgan fingerprint density at radius 3 is 2.94 bits per heavy atom. The van der Waals surface area contributed by atoms with Gasteiger partial charge in [-0.15, -0.1) is 0 Å². The fourth-order valence-corrected chi connectivity index (χ4v) is 1.69. The van der Waals surface area contributed by atoms with Crippen LogP contribution in [0.4, 0.5) is 0 Å². The molecule has 7 nitrogen and oxygen atoms in total. The van der Waals surface area contributed by atoms with E-state index in [0.717, 1.165) is 0 Å². The van der Waals surface area contributed by atoms with E-state index in [4.69, 9.17) is 10.5 Å². The topological polar surface area (TPSA) is 111 Å². The Balaban J connectivity index is 2.34. The molecule has 4 N–H and O–H groups in total. The summed E-state index contributed by atoms with van der Waals surface area (Å²) in [5, 5.41) is 4.72. The normalized spacial score (nSPS) is 21.3. The van der Waals surface area contributed by atoms with Gasteiger partial charge in [0, 0.05) is 20.1 Å². The molecule has 2 atom stereocenters. The van der Waals surface area contributed by atoms with Gasteiger partial charge in [-0.3, -0.25) is 19.7 Å². The first-order valence-corrected chi connectivity index (χ1v) is 5.93. The molecule has 1 aliphatic heterocycles. The van der Waals surface area contributed by atoms with Crippen molar-refractivity contribution in [1.82, 2.24) is 10.6 Å². The second-order valence-corrected chi connectivity index (χ2v) is 4.25. The Bertz CT molecular complexity index is 332. The molecule has 1 aliphatic rings. The van der Waals surface area contributed by atoms with Crippen molar-refractivity contribution in [3.05, 3.63) is 0 Å². The quantitative estimate of drug-likeness (QED) is 0.403. The largest absolute Gasteiger partial charge is 0.385 e. The van der Waals surface area contributed by atoms with Gasteiger partial charge >= 0.3 is 0 Å². The second kappa shape index (κ2) is 7.07. The molecule has 1 saturated heterocycles. The van der Waals surface area contributed by atoms with Gasteiger partial charge in [-0.2, -0.15) is 0 Å². The van der Waals surface area contributed by atoms with Gasteiger partial charge in [0.15, 0.2) is 0 Å². The molecule has 1 fully saturated rings. The van der Waals surface area contributed by atoms with Crippen LogP contribution in [-0.2, 0) is 19.1 Å². The fraction of sp³-hybridized carbons (Fsp3) is 0.727. The molecule has 0 aromatic heterocycles. The number of methoxy groups -OCH3 is 1. The highest BCUT2D eigenvalue weighted by Crippen LogP contribution is 2.05. The van der Waals surface area contributed by atoms with E-state index in [0.29, 0.717) is 25.9 Å². The lowest BCUT2D eigenvalue weighted by atomic mass is 10.0. The maximum absolute atomic E-state index is 11.7. The third-order valence-electron chi connectivity index (χ3n) is 2.76. The molecule has 0 spiro atoms. The number of nitrogens with two attached hydrogens (primary N) is 1. The molecule has 18 heavy (non-hydrogen) atoms. The van der Waals surface area contributed by atoms with E-state index in [1.54, 1.807) is 7.11 Å². The molecule has 0 aromatic rings. The highest BCUT2D eigenvalue weighted by Gasteiger charge is 2.28. The van der Waals surface area contributed by atoms with Crippen LogP contribution in [-0.4, -0.2) is 43.5 Å². The summed E-state index contributed by atoms with van der Waals surface area (Å²) in [5.41, 5.74) is 5.68. The van der Waals surface area contributed by atoms with Crippen molar-refractivity contribution in [2.75, 3.05) is 13.7 Å². The zero-order valence-corrected chi connectivity index (χ0v) is 10.4. The number of hydrogen-bond acceptors (Lipinski definition) is 5. The smallest absolute Gasteiger partial charge is 0.249 e. The van der Waals surface area contributed by atoms with Gasteiger partial charge in [-0.25, -0.2) is 0 Å². The molecule has 0 bridgehead atoms. The Labute approximate surface area is 105 Å². The maximum Gasteiger partial charge on any atom is 0.249 e. The van der Waals surface area contributed by atoms with Crippen LogP contribution in [0, 0.1) is 0 Å². The molecule has 0 radical (unpaired) electrons. The van der Waals surface area contributed by atoms with Gasteiger partial charge in [0.2, 0.25) is 17.7 Å². The zero-order chi connectivity index (χ0) is 13.5. The Morgan fingerprint density at radius 1 is 1.61 bits per heavy atom. The summed E-state index contributed by atoms with van der Waals surface area (Å²) >= 11 is 0. The second-order valence-electron chi connectivity index (χ2n) is 4.25. The standard InChI is InChI=1S/C11H19N3O4/c1-18-6-2-3-7(12)10(16)13-8-4-5-9(15)14-11(8)17/h7-8H,2-6,12H2,1H3,(H,13,16)(H,14,15,17). The lowest BCUT2D eigenvalue weighted by Gasteiger charge is -2.23. The minimum atomic E-state index is -0.663. The lowest BCUT2D eigenvalue weighted by molar-refractivity contribution is -0.137. The molecule has 1 rings (SSSR count). The monoisotopic (exact) mass is 257 g/mol. The molecule has 2 unspecified atom stereocenters. The number of imide groups is 1. The van der Waals surface area contributed by atoms with Crippen molar-refractivity contribution < 1.29 is 19.1 Å². The first-order valence-electron chi connectivity index (χ1n) is 5.93. The Hall–Kier alpha value is -1.47. The van der Waals surface area contributed by atoms with Crippen molar-refractivity contribution >= 4 is 17.7 Å². The number of amides is 3. The number of ether oxygens (including phenoxy) is 1. The predicted molar refractivity (Wildman–Crippen MR) is 63.4 cm³/mol. The number of piperidine rings is 1. The van der Waals surface area contributed by atoms with Gasteiger partial charge in [-0.1, -0.05) is 0 Å². The minimum absolute atomic E-state index is 0.232. The van der Waals surface area contributed by atoms with Crippen molar-refractivity contribution in [3.63, 3.8) is 0 Å². The van der Waals surface area contributed by atoms with Gasteiger partial charge in [0.25, 0.3) is 0 Å². The highest BCUT2D eigenvalue weighted by molar-refractivity contribution is 6.01. The first-order chi connectivity index (χ1) is 8.54. The molecule has 102 valence electrons. The van der Waals surface area contributed by atoms with Gasteiger partial charge in [-0.05, 0) is 19.3 Å². The number of carbonyl (C=O) groups excluding carboxylic acids is 3. The Kier molecular flexibility index (Phi) is 5.73. The number of hydrogen-bond donors (Lipinski definition) is 3. The lowest BCUT2D eigenvalue weighted by Crippen LogP contribution is -2.55. The maximum atomic E-state index is 11.7. The number of rotatable bonds is 6. The molecular formula is C11H19N3O4. The van der Waals surface area contributed by atoms with Gasteiger partial charge in [0.1, 0.15) is 6.04 Å². The average molecular weight is 257 g/mol. The summed E-state index contributed by atoms with van der Waals surface area (Å²) in [4.78, 5) is 34.0. The molecule has 1 heterocycles. The molecule has 3 amide bonds. The summed E-state index contributed by atoms with van der Waals surface area (Å²) in [7, 11) is 1.58. The van der Waals surface area contributed by atoms with Crippen molar-refractivity contribution in [2.24, 2.45) is 5.73 Å². The van der Waals surface area contributed by atoms with Crippen LogP contribution in [0.15, 0.2) is 0 Å². The summed E-state index contributed by atoms with van der Waals surface area (Å²) in [6, 6.07) is -1.32. The molecule has 0 saturated carbocycles. The van der Waals surface area contributed by atoms with E-state index in [-0.39, 0.29) is 18.2 Å².